The largest absolute Gasteiger partial charge is 0.457 e. The highest BCUT2D eigenvalue weighted by atomic mass is 32.2. The lowest BCUT2D eigenvalue weighted by Crippen LogP contribution is -1.91. The van der Waals surface area contributed by atoms with E-state index in [4.69, 9.17) is 4.74 Å². The molecule has 0 aliphatic carbocycles. The lowest BCUT2D eigenvalue weighted by Gasteiger charge is -2.13. The summed E-state index contributed by atoms with van der Waals surface area (Å²) in [6, 6.07) is 14.7. The van der Waals surface area contributed by atoms with E-state index < -0.39 is 0 Å². The van der Waals surface area contributed by atoms with Crippen LogP contribution in [-0.4, -0.2) is 6.26 Å². The molecule has 17 heavy (non-hydrogen) atoms. The highest BCUT2D eigenvalue weighted by molar-refractivity contribution is 7.98. The summed E-state index contributed by atoms with van der Waals surface area (Å²) in [5.41, 5.74) is 2.49. The predicted molar refractivity (Wildman–Crippen MR) is 73.0 cm³/mol. The average Bonchev–Trinajstić information content (AvgIpc) is 2.37. The summed E-state index contributed by atoms with van der Waals surface area (Å²) in [4.78, 5) is 1.30. The van der Waals surface area contributed by atoms with Gasteiger partial charge in [0.2, 0.25) is 0 Å². The van der Waals surface area contributed by atoms with Gasteiger partial charge in [0.25, 0.3) is 0 Å². The second-order valence-corrected chi connectivity index (χ2v) is 4.70. The van der Waals surface area contributed by atoms with Crippen LogP contribution in [0.15, 0.2) is 41.3 Å². The molecule has 0 atom stereocenters. The zero-order valence-corrected chi connectivity index (χ0v) is 11.1. The first kappa shape index (κ1) is 12.1. The number of hydrogen-bond acceptors (Lipinski definition) is 2. The molecule has 0 unspecified atom stereocenters. The fourth-order valence-electron chi connectivity index (χ4n) is 1.67. The minimum atomic E-state index is 0.850. The standard InChI is InChI=1S/C15H15OS/c1-11-12(2)15(17-3)10-9-14(11)16-13-7-5-4-6-8-13/h5-10H,1-3H3. The van der Waals surface area contributed by atoms with Crippen LogP contribution in [0.4, 0.5) is 0 Å². The molecule has 0 heterocycles. The van der Waals surface area contributed by atoms with Gasteiger partial charge < -0.3 is 4.74 Å². The average molecular weight is 243 g/mol. The molecule has 0 spiro atoms. The Bertz CT molecular complexity index is 506. The zero-order chi connectivity index (χ0) is 12.3. The number of hydrogen-bond donors (Lipinski definition) is 0. The maximum Gasteiger partial charge on any atom is 0.130 e. The maximum atomic E-state index is 5.86. The Hall–Kier alpha value is -1.41. The Morgan fingerprint density at radius 3 is 2.35 bits per heavy atom. The SMILES string of the molecule is CSc1ccc(Oc2cc[c]cc2)c(C)c1C. The lowest BCUT2D eigenvalue weighted by molar-refractivity contribution is 0.478. The highest BCUT2D eigenvalue weighted by Crippen LogP contribution is 2.31. The van der Waals surface area contributed by atoms with Crippen LogP contribution in [0.3, 0.4) is 0 Å². The molecule has 0 N–H and O–H groups in total. The normalized spacial score (nSPS) is 10.3. The smallest absolute Gasteiger partial charge is 0.130 e. The molecule has 0 bridgehead atoms. The van der Waals surface area contributed by atoms with Gasteiger partial charge in [-0.3, -0.25) is 0 Å². The fraction of sp³-hybridized carbons (Fsp3) is 0.200. The van der Waals surface area contributed by atoms with E-state index >= 15 is 0 Å². The zero-order valence-electron chi connectivity index (χ0n) is 10.3. The predicted octanol–water partition coefficient (Wildman–Crippen LogP) is 4.62. The summed E-state index contributed by atoms with van der Waals surface area (Å²) in [7, 11) is 0. The van der Waals surface area contributed by atoms with Crippen LogP contribution in [0.2, 0.25) is 0 Å². The third kappa shape index (κ3) is 2.64. The van der Waals surface area contributed by atoms with Crippen molar-refractivity contribution < 1.29 is 4.74 Å². The van der Waals surface area contributed by atoms with Crippen molar-refractivity contribution in [3.8, 4) is 11.5 Å². The van der Waals surface area contributed by atoms with E-state index in [0.717, 1.165) is 11.5 Å². The second-order valence-electron chi connectivity index (χ2n) is 3.85. The van der Waals surface area contributed by atoms with Crippen LogP contribution in [0.1, 0.15) is 11.1 Å². The molecule has 2 aromatic rings. The van der Waals surface area contributed by atoms with Crippen molar-refractivity contribution in [2.45, 2.75) is 18.7 Å². The van der Waals surface area contributed by atoms with Crippen LogP contribution < -0.4 is 4.74 Å². The molecule has 2 rings (SSSR count). The molecule has 1 nitrogen and oxygen atoms in total. The Labute approximate surface area is 107 Å². The van der Waals surface area contributed by atoms with Crippen molar-refractivity contribution in [1.29, 1.82) is 0 Å². The van der Waals surface area contributed by atoms with Crippen molar-refractivity contribution >= 4 is 11.8 Å². The first-order chi connectivity index (χ1) is 8.22. The van der Waals surface area contributed by atoms with E-state index in [9.17, 15) is 0 Å². The van der Waals surface area contributed by atoms with Crippen LogP contribution in [0, 0.1) is 19.9 Å². The number of rotatable bonds is 3. The quantitative estimate of drug-likeness (QED) is 0.728. The molecule has 2 aromatic carbocycles. The molecular weight excluding hydrogens is 228 g/mol. The van der Waals surface area contributed by atoms with Gasteiger partial charge in [0.05, 0.1) is 0 Å². The van der Waals surface area contributed by atoms with Gasteiger partial charge in [0, 0.05) is 4.90 Å². The number of thioether (sulfide) groups is 1. The number of benzene rings is 2. The molecule has 0 aromatic heterocycles. The van der Waals surface area contributed by atoms with Crippen LogP contribution in [0.25, 0.3) is 0 Å². The summed E-state index contributed by atoms with van der Waals surface area (Å²) in [6.45, 7) is 4.23. The van der Waals surface area contributed by atoms with Crippen molar-refractivity contribution in [1.82, 2.24) is 0 Å². The second kappa shape index (κ2) is 5.28. The van der Waals surface area contributed by atoms with E-state index in [1.165, 1.54) is 16.0 Å². The Morgan fingerprint density at radius 1 is 1.00 bits per heavy atom. The molecule has 0 amide bonds. The van der Waals surface area contributed by atoms with E-state index in [2.05, 4.69) is 32.2 Å². The molecule has 0 aliphatic heterocycles. The van der Waals surface area contributed by atoms with Gasteiger partial charge in [-0.15, -0.1) is 11.8 Å². The molecule has 0 fully saturated rings. The number of ether oxygens (including phenoxy) is 1. The molecule has 2 heteroatoms. The van der Waals surface area contributed by atoms with Gasteiger partial charge in [-0.1, -0.05) is 12.1 Å². The minimum Gasteiger partial charge on any atom is -0.457 e. The Kier molecular flexibility index (Phi) is 3.75. The third-order valence-corrected chi connectivity index (χ3v) is 3.71. The van der Waals surface area contributed by atoms with E-state index in [1.54, 1.807) is 11.8 Å². The van der Waals surface area contributed by atoms with Gasteiger partial charge >= 0.3 is 0 Å². The molecule has 87 valence electrons. The fourth-order valence-corrected chi connectivity index (χ4v) is 2.33. The summed E-state index contributed by atoms with van der Waals surface area (Å²) in [5.74, 6) is 1.77. The molecule has 0 saturated carbocycles. The van der Waals surface area contributed by atoms with Gasteiger partial charge in [0.15, 0.2) is 0 Å². The first-order valence-electron chi connectivity index (χ1n) is 5.50. The summed E-state index contributed by atoms with van der Waals surface area (Å²) in [5, 5.41) is 0. The topological polar surface area (TPSA) is 9.23 Å². The van der Waals surface area contributed by atoms with Crippen molar-refractivity contribution in [2.24, 2.45) is 0 Å². The van der Waals surface area contributed by atoms with Gasteiger partial charge in [0.1, 0.15) is 11.5 Å². The molecule has 1 radical (unpaired) electrons. The molecule has 0 aliphatic rings. The van der Waals surface area contributed by atoms with Crippen molar-refractivity contribution in [3.05, 3.63) is 53.6 Å². The van der Waals surface area contributed by atoms with Crippen molar-refractivity contribution in [3.63, 3.8) is 0 Å². The van der Waals surface area contributed by atoms with E-state index in [1.807, 2.05) is 30.3 Å². The monoisotopic (exact) mass is 243 g/mol. The summed E-state index contributed by atoms with van der Waals surface area (Å²) >= 11 is 1.76. The maximum absolute atomic E-state index is 5.86. The Morgan fingerprint density at radius 2 is 1.71 bits per heavy atom. The molecular formula is C15H15OS. The van der Waals surface area contributed by atoms with Gasteiger partial charge in [-0.2, -0.15) is 0 Å². The van der Waals surface area contributed by atoms with Crippen molar-refractivity contribution in [2.75, 3.05) is 6.26 Å². The summed E-state index contributed by atoms with van der Waals surface area (Å²) in [6.07, 6.45) is 2.09. The van der Waals surface area contributed by atoms with Gasteiger partial charge in [-0.25, -0.2) is 0 Å². The van der Waals surface area contributed by atoms with E-state index in [-0.39, 0.29) is 0 Å². The Balaban J connectivity index is 2.32. The summed E-state index contributed by atoms with van der Waals surface area (Å²) < 4.78 is 5.86. The first-order valence-corrected chi connectivity index (χ1v) is 6.73. The van der Waals surface area contributed by atoms with Crippen LogP contribution in [-0.2, 0) is 0 Å². The minimum absolute atomic E-state index is 0.850. The van der Waals surface area contributed by atoms with Crippen LogP contribution in [0.5, 0.6) is 11.5 Å². The van der Waals surface area contributed by atoms with Gasteiger partial charge in [-0.05, 0) is 61.6 Å². The lowest BCUT2D eigenvalue weighted by atomic mass is 10.1. The van der Waals surface area contributed by atoms with E-state index in [0.29, 0.717) is 0 Å². The third-order valence-electron chi connectivity index (χ3n) is 2.82. The van der Waals surface area contributed by atoms with Crippen LogP contribution >= 0.6 is 11.8 Å². The highest BCUT2D eigenvalue weighted by Gasteiger charge is 2.07. The molecule has 0 saturated heterocycles.